The minimum atomic E-state index is 0.524. The van der Waals surface area contributed by atoms with Crippen LogP contribution in [-0.4, -0.2) is 6.04 Å². The summed E-state index contributed by atoms with van der Waals surface area (Å²) in [5.74, 6) is 0.848. The summed E-state index contributed by atoms with van der Waals surface area (Å²) < 4.78 is 0. The number of hydrogen-bond donors (Lipinski definition) is 1. The third-order valence-electron chi connectivity index (χ3n) is 3.55. The molecule has 0 bridgehead atoms. The van der Waals surface area contributed by atoms with Crippen LogP contribution in [0.3, 0.4) is 0 Å². The van der Waals surface area contributed by atoms with Crippen LogP contribution in [0.25, 0.3) is 0 Å². The molecule has 0 amide bonds. The number of nitrogens with one attached hydrogen (secondary N) is 1. The highest BCUT2D eigenvalue weighted by Crippen LogP contribution is 2.27. The molecule has 1 N–H and O–H groups in total. The van der Waals surface area contributed by atoms with Crippen molar-refractivity contribution in [2.24, 2.45) is 5.92 Å². The van der Waals surface area contributed by atoms with Crippen molar-refractivity contribution in [3.63, 3.8) is 0 Å². The van der Waals surface area contributed by atoms with Crippen molar-refractivity contribution >= 4 is 11.3 Å². The molecule has 1 aromatic heterocycles. The molecule has 0 aliphatic heterocycles. The Labute approximate surface area is 96.9 Å². The van der Waals surface area contributed by atoms with E-state index in [9.17, 15) is 0 Å². The fourth-order valence-electron chi connectivity index (χ4n) is 2.50. The van der Waals surface area contributed by atoms with Crippen LogP contribution in [-0.2, 0) is 0 Å². The maximum absolute atomic E-state index is 3.78. The molecule has 2 rings (SSSR count). The lowest BCUT2D eigenvalue weighted by Gasteiger charge is -2.32. The van der Waals surface area contributed by atoms with Gasteiger partial charge >= 0.3 is 0 Å². The van der Waals surface area contributed by atoms with Crippen molar-refractivity contribution in [1.29, 1.82) is 0 Å². The van der Waals surface area contributed by atoms with Gasteiger partial charge < -0.3 is 5.32 Å². The van der Waals surface area contributed by atoms with E-state index >= 15 is 0 Å². The van der Waals surface area contributed by atoms with E-state index in [4.69, 9.17) is 0 Å². The van der Waals surface area contributed by atoms with Gasteiger partial charge in [0.1, 0.15) is 0 Å². The topological polar surface area (TPSA) is 12.0 Å². The summed E-state index contributed by atoms with van der Waals surface area (Å²) in [4.78, 5) is 1.47. The van der Waals surface area contributed by atoms with E-state index in [2.05, 4.69) is 36.7 Å². The average Bonchev–Trinajstić information content (AvgIpc) is 2.74. The SMILES string of the molecule is C[C@H](N[C@@H]1CCCC[C@H]1C)c1cccs1. The summed E-state index contributed by atoms with van der Waals surface area (Å²) in [6.45, 7) is 4.67. The van der Waals surface area contributed by atoms with Crippen molar-refractivity contribution in [3.05, 3.63) is 22.4 Å². The summed E-state index contributed by atoms with van der Waals surface area (Å²) in [5.41, 5.74) is 0. The molecule has 1 aromatic rings. The van der Waals surface area contributed by atoms with Crippen LogP contribution in [0.1, 0.15) is 50.4 Å². The van der Waals surface area contributed by atoms with Gasteiger partial charge in [-0.25, -0.2) is 0 Å². The summed E-state index contributed by atoms with van der Waals surface area (Å²) >= 11 is 1.86. The Hall–Kier alpha value is -0.340. The van der Waals surface area contributed by atoms with Crippen LogP contribution in [0.2, 0.25) is 0 Å². The van der Waals surface area contributed by atoms with Gasteiger partial charge in [0.25, 0.3) is 0 Å². The van der Waals surface area contributed by atoms with E-state index in [0.717, 1.165) is 12.0 Å². The predicted molar refractivity (Wildman–Crippen MR) is 67.3 cm³/mol. The van der Waals surface area contributed by atoms with Gasteiger partial charge in [-0.2, -0.15) is 0 Å². The van der Waals surface area contributed by atoms with Gasteiger partial charge in [-0.3, -0.25) is 0 Å². The highest BCUT2D eigenvalue weighted by atomic mass is 32.1. The van der Waals surface area contributed by atoms with Crippen LogP contribution in [0.4, 0.5) is 0 Å². The Morgan fingerprint density at radius 3 is 2.87 bits per heavy atom. The third kappa shape index (κ3) is 2.82. The second-order valence-electron chi connectivity index (χ2n) is 4.77. The molecule has 1 aliphatic carbocycles. The Morgan fingerprint density at radius 1 is 1.40 bits per heavy atom. The van der Waals surface area contributed by atoms with Gasteiger partial charge in [0.05, 0.1) is 0 Å². The normalized spacial score (nSPS) is 28.9. The van der Waals surface area contributed by atoms with Crippen LogP contribution in [0.5, 0.6) is 0 Å². The van der Waals surface area contributed by atoms with E-state index in [1.165, 1.54) is 30.6 Å². The largest absolute Gasteiger partial charge is 0.306 e. The maximum atomic E-state index is 3.78. The monoisotopic (exact) mass is 223 g/mol. The van der Waals surface area contributed by atoms with Gasteiger partial charge in [0.15, 0.2) is 0 Å². The smallest absolute Gasteiger partial charge is 0.0388 e. The molecule has 2 heteroatoms. The molecule has 0 aromatic carbocycles. The molecule has 1 fully saturated rings. The lowest BCUT2D eigenvalue weighted by atomic mass is 9.85. The molecule has 0 radical (unpaired) electrons. The van der Waals surface area contributed by atoms with E-state index in [-0.39, 0.29) is 0 Å². The van der Waals surface area contributed by atoms with Crippen molar-refractivity contribution in [2.75, 3.05) is 0 Å². The molecule has 1 aliphatic rings. The van der Waals surface area contributed by atoms with Gasteiger partial charge in [0, 0.05) is 17.0 Å². The number of thiophene rings is 1. The van der Waals surface area contributed by atoms with E-state index < -0.39 is 0 Å². The minimum Gasteiger partial charge on any atom is -0.306 e. The van der Waals surface area contributed by atoms with Crippen LogP contribution < -0.4 is 5.32 Å². The second kappa shape index (κ2) is 5.13. The Morgan fingerprint density at radius 2 is 2.20 bits per heavy atom. The van der Waals surface area contributed by atoms with E-state index in [0.29, 0.717) is 6.04 Å². The minimum absolute atomic E-state index is 0.524. The quantitative estimate of drug-likeness (QED) is 0.817. The molecular weight excluding hydrogens is 202 g/mol. The molecule has 84 valence electrons. The number of hydrogen-bond acceptors (Lipinski definition) is 2. The number of rotatable bonds is 3. The van der Waals surface area contributed by atoms with Gasteiger partial charge in [0.2, 0.25) is 0 Å². The van der Waals surface area contributed by atoms with Gasteiger partial charge in [-0.05, 0) is 37.1 Å². The predicted octanol–water partition coefficient (Wildman–Crippen LogP) is 3.98. The van der Waals surface area contributed by atoms with Crippen LogP contribution in [0, 0.1) is 5.92 Å². The first-order valence-electron chi connectivity index (χ1n) is 6.07. The summed E-state index contributed by atoms with van der Waals surface area (Å²) in [7, 11) is 0. The molecular formula is C13H21NS. The molecule has 3 atom stereocenters. The Kier molecular flexibility index (Phi) is 3.81. The van der Waals surface area contributed by atoms with Crippen molar-refractivity contribution in [3.8, 4) is 0 Å². The fourth-order valence-corrected chi connectivity index (χ4v) is 3.25. The van der Waals surface area contributed by atoms with Gasteiger partial charge in [-0.1, -0.05) is 25.8 Å². The molecule has 0 saturated heterocycles. The molecule has 1 nitrogen and oxygen atoms in total. The lowest BCUT2D eigenvalue weighted by molar-refractivity contribution is 0.264. The summed E-state index contributed by atoms with van der Waals surface area (Å²) in [6.07, 6.45) is 5.58. The van der Waals surface area contributed by atoms with Crippen LogP contribution >= 0.6 is 11.3 Å². The van der Waals surface area contributed by atoms with E-state index in [1.807, 2.05) is 11.3 Å². The van der Waals surface area contributed by atoms with Crippen molar-refractivity contribution in [2.45, 2.75) is 51.6 Å². The standard InChI is InChI=1S/C13H21NS/c1-10-6-3-4-7-12(10)14-11(2)13-8-5-9-15-13/h5,8-12,14H,3-4,6-7H2,1-2H3/t10-,11+,12-/m1/s1. The zero-order valence-electron chi connectivity index (χ0n) is 9.70. The lowest BCUT2D eigenvalue weighted by Crippen LogP contribution is -2.38. The summed E-state index contributed by atoms with van der Waals surface area (Å²) in [5, 5.41) is 5.95. The molecule has 0 spiro atoms. The first kappa shape index (κ1) is 11.2. The molecule has 0 unspecified atom stereocenters. The van der Waals surface area contributed by atoms with Crippen molar-refractivity contribution in [1.82, 2.24) is 5.32 Å². The third-order valence-corrected chi connectivity index (χ3v) is 4.60. The Bertz CT molecular complexity index is 281. The molecule has 15 heavy (non-hydrogen) atoms. The Balaban J connectivity index is 1.90. The fraction of sp³-hybridized carbons (Fsp3) is 0.692. The zero-order chi connectivity index (χ0) is 10.7. The second-order valence-corrected chi connectivity index (χ2v) is 5.75. The van der Waals surface area contributed by atoms with E-state index in [1.54, 1.807) is 0 Å². The first-order chi connectivity index (χ1) is 7.27. The average molecular weight is 223 g/mol. The molecule has 1 saturated carbocycles. The van der Waals surface area contributed by atoms with Crippen LogP contribution in [0.15, 0.2) is 17.5 Å². The summed E-state index contributed by atoms with van der Waals surface area (Å²) in [6, 6.07) is 5.63. The highest BCUT2D eigenvalue weighted by Gasteiger charge is 2.22. The van der Waals surface area contributed by atoms with Crippen molar-refractivity contribution < 1.29 is 0 Å². The zero-order valence-corrected chi connectivity index (χ0v) is 10.5. The highest BCUT2D eigenvalue weighted by molar-refractivity contribution is 7.10. The maximum Gasteiger partial charge on any atom is 0.0388 e. The first-order valence-corrected chi connectivity index (χ1v) is 6.95. The molecule has 1 heterocycles. The van der Waals surface area contributed by atoms with Gasteiger partial charge in [-0.15, -0.1) is 11.3 Å².